The van der Waals surface area contributed by atoms with Gasteiger partial charge in [0.2, 0.25) is 0 Å². The summed E-state index contributed by atoms with van der Waals surface area (Å²) in [6.45, 7) is 8.10. The van der Waals surface area contributed by atoms with E-state index < -0.39 is 0 Å². The first-order chi connectivity index (χ1) is 10.1. The zero-order valence-electron chi connectivity index (χ0n) is 12.3. The Bertz CT molecular complexity index is 657. The number of aromatic nitrogens is 2. The van der Waals surface area contributed by atoms with Crippen molar-refractivity contribution < 1.29 is 0 Å². The lowest BCUT2D eigenvalue weighted by Crippen LogP contribution is -2.52. The van der Waals surface area contributed by atoms with Gasteiger partial charge in [-0.15, -0.1) is 11.3 Å². The largest absolute Gasteiger partial charge is 0.314 e. The Kier molecular flexibility index (Phi) is 3.93. The third kappa shape index (κ3) is 2.92. The lowest BCUT2D eigenvalue weighted by atomic mass is 10.0. The van der Waals surface area contributed by atoms with Gasteiger partial charge in [-0.05, 0) is 25.3 Å². The van der Waals surface area contributed by atoms with Gasteiger partial charge in [0, 0.05) is 32.2 Å². The number of hydrogen-bond donors (Lipinski definition) is 2. The Balaban J connectivity index is 1.99. The van der Waals surface area contributed by atoms with Crippen molar-refractivity contribution in [2.45, 2.75) is 19.4 Å². The van der Waals surface area contributed by atoms with E-state index in [1.165, 1.54) is 0 Å². The lowest BCUT2D eigenvalue weighted by molar-refractivity contribution is 0.0947. The summed E-state index contributed by atoms with van der Waals surface area (Å²) < 4.78 is 0. The smallest absolute Gasteiger partial charge is 0.251 e. The van der Waals surface area contributed by atoms with E-state index in [1.807, 2.05) is 17.5 Å². The van der Waals surface area contributed by atoms with Crippen molar-refractivity contribution in [1.29, 1.82) is 0 Å². The minimum atomic E-state index is -0.283. The van der Waals surface area contributed by atoms with Gasteiger partial charge in [0.15, 0.2) is 0 Å². The van der Waals surface area contributed by atoms with Crippen LogP contribution in [0.3, 0.4) is 0 Å². The summed E-state index contributed by atoms with van der Waals surface area (Å²) in [5, 5.41) is 5.35. The summed E-state index contributed by atoms with van der Waals surface area (Å²) in [5.74, 6) is 0.736. The Morgan fingerprint density at radius 3 is 2.76 bits per heavy atom. The van der Waals surface area contributed by atoms with E-state index in [1.54, 1.807) is 17.4 Å². The van der Waals surface area contributed by atoms with Gasteiger partial charge >= 0.3 is 0 Å². The highest BCUT2D eigenvalue weighted by atomic mass is 32.1. The summed E-state index contributed by atoms with van der Waals surface area (Å²) in [6, 6.07) is 5.54. The second-order valence-electron chi connectivity index (χ2n) is 5.75. The second-order valence-corrected chi connectivity index (χ2v) is 6.70. The maximum atomic E-state index is 12.0. The first kappa shape index (κ1) is 14.4. The average molecular weight is 304 g/mol. The number of nitrogens with one attached hydrogen (secondary N) is 2. The normalized spacial score (nSPS) is 17.0. The zero-order chi connectivity index (χ0) is 14.9. The number of hydrogen-bond acceptors (Lipinski definition) is 5. The topological polar surface area (TPSA) is 61.0 Å². The van der Waals surface area contributed by atoms with E-state index in [2.05, 4.69) is 29.0 Å². The summed E-state index contributed by atoms with van der Waals surface area (Å²) in [5.41, 5.74) is 0.382. The molecule has 112 valence electrons. The molecule has 0 aliphatic carbocycles. The van der Waals surface area contributed by atoms with Gasteiger partial charge in [-0.1, -0.05) is 6.07 Å². The van der Waals surface area contributed by atoms with Crippen LogP contribution in [0.1, 0.15) is 19.7 Å². The van der Waals surface area contributed by atoms with Crippen molar-refractivity contribution in [3.63, 3.8) is 0 Å². The Labute approximate surface area is 128 Å². The molecule has 1 fully saturated rings. The molecule has 2 aromatic heterocycles. The van der Waals surface area contributed by atoms with Crippen LogP contribution in [0, 0.1) is 0 Å². The molecule has 0 saturated carbocycles. The van der Waals surface area contributed by atoms with Crippen LogP contribution in [0.2, 0.25) is 0 Å². The van der Waals surface area contributed by atoms with Crippen molar-refractivity contribution in [3.05, 3.63) is 39.8 Å². The summed E-state index contributed by atoms with van der Waals surface area (Å²) in [6.07, 6.45) is 0. The SMILES string of the molecule is CC(C)(c1nc(-c2cccs2)cc(=O)[nH]1)N1CCNCC1. The molecule has 0 amide bonds. The molecule has 2 aromatic rings. The van der Waals surface area contributed by atoms with Crippen molar-refractivity contribution >= 4 is 11.3 Å². The van der Waals surface area contributed by atoms with Crippen LogP contribution < -0.4 is 10.9 Å². The molecule has 0 unspecified atom stereocenters. The number of rotatable bonds is 3. The molecule has 1 aliphatic rings. The monoisotopic (exact) mass is 304 g/mol. The number of H-pyrrole nitrogens is 1. The molecular weight excluding hydrogens is 284 g/mol. The fourth-order valence-corrected chi connectivity index (χ4v) is 3.36. The van der Waals surface area contributed by atoms with Crippen molar-refractivity contribution in [2.75, 3.05) is 26.2 Å². The molecule has 0 bridgehead atoms. The Morgan fingerprint density at radius 2 is 2.10 bits per heavy atom. The molecule has 0 radical (unpaired) electrons. The number of nitrogens with zero attached hydrogens (tertiary/aromatic N) is 2. The standard InChI is InChI=1S/C15H20N4OS/c1-15(2,19-7-5-16-6-8-19)14-17-11(10-13(20)18-14)12-4-3-9-21-12/h3-4,9-10,16H,5-8H2,1-2H3,(H,17,18,20). The minimum Gasteiger partial charge on any atom is -0.314 e. The molecule has 0 aromatic carbocycles. The highest BCUT2D eigenvalue weighted by Crippen LogP contribution is 2.27. The summed E-state index contributed by atoms with van der Waals surface area (Å²) in [7, 11) is 0. The van der Waals surface area contributed by atoms with Crippen LogP contribution in [-0.4, -0.2) is 41.0 Å². The molecule has 3 heterocycles. The maximum Gasteiger partial charge on any atom is 0.251 e. The highest BCUT2D eigenvalue weighted by molar-refractivity contribution is 7.13. The van der Waals surface area contributed by atoms with Gasteiger partial charge in [-0.2, -0.15) is 0 Å². The van der Waals surface area contributed by atoms with Gasteiger partial charge < -0.3 is 10.3 Å². The number of aromatic amines is 1. The third-order valence-corrected chi connectivity index (χ3v) is 4.89. The van der Waals surface area contributed by atoms with Crippen molar-refractivity contribution in [2.24, 2.45) is 0 Å². The molecule has 1 aliphatic heterocycles. The molecule has 0 spiro atoms. The molecule has 3 rings (SSSR count). The fourth-order valence-electron chi connectivity index (χ4n) is 2.67. The van der Waals surface area contributed by atoms with Crippen molar-refractivity contribution in [1.82, 2.24) is 20.2 Å². The maximum absolute atomic E-state index is 12.0. The lowest BCUT2D eigenvalue weighted by Gasteiger charge is -2.40. The van der Waals surface area contributed by atoms with Crippen LogP contribution in [-0.2, 0) is 5.54 Å². The van der Waals surface area contributed by atoms with E-state index in [4.69, 9.17) is 4.98 Å². The first-order valence-corrected chi connectivity index (χ1v) is 8.07. The predicted octanol–water partition coefficient (Wildman–Crippen LogP) is 1.64. The van der Waals surface area contributed by atoms with Gasteiger partial charge in [-0.3, -0.25) is 9.69 Å². The minimum absolute atomic E-state index is 0.0911. The fraction of sp³-hybridized carbons (Fsp3) is 0.467. The van der Waals surface area contributed by atoms with Gasteiger partial charge in [0.05, 0.1) is 16.1 Å². The van der Waals surface area contributed by atoms with E-state index >= 15 is 0 Å². The first-order valence-electron chi connectivity index (χ1n) is 7.19. The van der Waals surface area contributed by atoms with Crippen molar-refractivity contribution in [3.8, 4) is 10.6 Å². The second kappa shape index (κ2) is 5.71. The van der Waals surface area contributed by atoms with Crippen LogP contribution in [0.25, 0.3) is 10.6 Å². The van der Waals surface area contributed by atoms with Crippen LogP contribution >= 0.6 is 11.3 Å². The zero-order valence-corrected chi connectivity index (χ0v) is 13.2. The highest BCUT2D eigenvalue weighted by Gasteiger charge is 2.32. The van der Waals surface area contributed by atoms with E-state index in [-0.39, 0.29) is 11.1 Å². The molecule has 0 atom stereocenters. The van der Waals surface area contributed by atoms with E-state index in [0.29, 0.717) is 0 Å². The van der Waals surface area contributed by atoms with Gasteiger partial charge in [-0.25, -0.2) is 4.98 Å². The van der Waals surface area contributed by atoms with Gasteiger partial charge in [0.25, 0.3) is 5.56 Å². The average Bonchev–Trinajstić information content (AvgIpc) is 3.02. The van der Waals surface area contributed by atoms with E-state index in [0.717, 1.165) is 42.6 Å². The Hall–Kier alpha value is -1.50. The van der Waals surface area contributed by atoms with Crippen LogP contribution in [0.15, 0.2) is 28.4 Å². The molecule has 21 heavy (non-hydrogen) atoms. The number of thiophene rings is 1. The quantitative estimate of drug-likeness (QED) is 0.905. The molecule has 2 N–H and O–H groups in total. The van der Waals surface area contributed by atoms with Crippen LogP contribution in [0.4, 0.5) is 0 Å². The van der Waals surface area contributed by atoms with Gasteiger partial charge in [0.1, 0.15) is 5.82 Å². The van der Waals surface area contributed by atoms with E-state index in [9.17, 15) is 4.79 Å². The summed E-state index contributed by atoms with van der Waals surface area (Å²) >= 11 is 1.60. The Morgan fingerprint density at radius 1 is 1.33 bits per heavy atom. The molecule has 5 nitrogen and oxygen atoms in total. The molecule has 1 saturated heterocycles. The molecular formula is C15H20N4OS. The number of piperazine rings is 1. The summed E-state index contributed by atoms with van der Waals surface area (Å²) in [4.78, 5) is 23.0. The molecule has 6 heteroatoms. The predicted molar refractivity (Wildman–Crippen MR) is 85.6 cm³/mol. The third-order valence-electron chi connectivity index (χ3n) is 4.00. The van der Waals surface area contributed by atoms with Crippen LogP contribution in [0.5, 0.6) is 0 Å².